The van der Waals surface area contributed by atoms with Gasteiger partial charge in [-0.1, -0.05) is 31.7 Å². The minimum Gasteiger partial charge on any atom is -0.486 e. The van der Waals surface area contributed by atoms with E-state index in [-0.39, 0.29) is 5.91 Å². The zero-order valence-electron chi connectivity index (χ0n) is 16.1. The standard InChI is InChI=1S/C21H32N2O3/c1-21(2,16-9-10-18-19(15-16)26-14-13-25-18)20(24)23-12-11-22-17-7-5-3-4-6-8-17/h9-10,15,17,22H,3-8,11-14H2,1-2H3,(H,23,24). The van der Waals surface area contributed by atoms with Crippen LogP contribution in [0.5, 0.6) is 11.5 Å². The predicted molar refractivity (Wildman–Crippen MR) is 103 cm³/mol. The third-order valence-electron chi connectivity index (χ3n) is 5.53. The lowest BCUT2D eigenvalue weighted by Crippen LogP contribution is -2.44. The van der Waals surface area contributed by atoms with Gasteiger partial charge in [0.15, 0.2) is 11.5 Å². The lowest BCUT2D eigenvalue weighted by molar-refractivity contribution is -0.125. The molecule has 1 aromatic rings. The summed E-state index contributed by atoms with van der Waals surface area (Å²) in [5, 5.41) is 6.68. The summed E-state index contributed by atoms with van der Waals surface area (Å²) in [6.45, 7) is 6.51. The van der Waals surface area contributed by atoms with E-state index in [9.17, 15) is 4.79 Å². The summed E-state index contributed by atoms with van der Waals surface area (Å²) in [5.74, 6) is 1.52. The Bertz CT molecular complexity index is 607. The van der Waals surface area contributed by atoms with Crippen LogP contribution in [0.3, 0.4) is 0 Å². The Labute approximate surface area is 156 Å². The Hall–Kier alpha value is -1.75. The number of carbonyl (C=O) groups excluding carboxylic acids is 1. The van der Waals surface area contributed by atoms with Crippen LogP contribution in [-0.4, -0.2) is 38.3 Å². The monoisotopic (exact) mass is 360 g/mol. The fourth-order valence-corrected chi connectivity index (χ4v) is 3.72. The first-order valence-electron chi connectivity index (χ1n) is 9.99. The van der Waals surface area contributed by atoms with E-state index in [1.807, 2.05) is 32.0 Å². The molecule has 0 bridgehead atoms. The minimum atomic E-state index is -0.613. The van der Waals surface area contributed by atoms with Gasteiger partial charge in [-0.3, -0.25) is 4.79 Å². The van der Waals surface area contributed by atoms with E-state index in [0.29, 0.717) is 25.8 Å². The van der Waals surface area contributed by atoms with Crippen molar-refractivity contribution >= 4 is 5.91 Å². The van der Waals surface area contributed by atoms with E-state index in [0.717, 1.165) is 23.6 Å². The second-order valence-corrected chi connectivity index (χ2v) is 7.88. The van der Waals surface area contributed by atoms with Crippen LogP contribution >= 0.6 is 0 Å². The van der Waals surface area contributed by atoms with Gasteiger partial charge in [0, 0.05) is 19.1 Å². The van der Waals surface area contributed by atoms with E-state index in [2.05, 4.69) is 10.6 Å². The summed E-state index contributed by atoms with van der Waals surface area (Å²) >= 11 is 0. The summed E-state index contributed by atoms with van der Waals surface area (Å²) < 4.78 is 11.2. The summed E-state index contributed by atoms with van der Waals surface area (Å²) in [7, 11) is 0. The fraction of sp³-hybridized carbons (Fsp3) is 0.667. The first-order chi connectivity index (χ1) is 12.6. The summed E-state index contributed by atoms with van der Waals surface area (Å²) in [5.41, 5.74) is 0.328. The first kappa shape index (κ1) is 19.0. The number of carbonyl (C=O) groups is 1. The van der Waals surface area contributed by atoms with Crippen molar-refractivity contribution in [2.75, 3.05) is 26.3 Å². The average Bonchev–Trinajstić information content (AvgIpc) is 2.93. The largest absolute Gasteiger partial charge is 0.486 e. The molecule has 3 rings (SSSR count). The molecule has 1 aliphatic carbocycles. The van der Waals surface area contributed by atoms with Crippen molar-refractivity contribution in [3.8, 4) is 11.5 Å². The van der Waals surface area contributed by atoms with Crippen LogP contribution in [-0.2, 0) is 10.2 Å². The normalized spacial score (nSPS) is 18.2. The lowest BCUT2D eigenvalue weighted by atomic mass is 9.83. The fourth-order valence-electron chi connectivity index (χ4n) is 3.72. The van der Waals surface area contributed by atoms with Crippen LogP contribution in [0.2, 0.25) is 0 Å². The first-order valence-corrected chi connectivity index (χ1v) is 9.99. The van der Waals surface area contributed by atoms with Gasteiger partial charge in [-0.15, -0.1) is 0 Å². The van der Waals surface area contributed by atoms with Gasteiger partial charge in [-0.25, -0.2) is 0 Å². The molecule has 144 valence electrons. The zero-order valence-corrected chi connectivity index (χ0v) is 16.1. The van der Waals surface area contributed by atoms with Gasteiger partial charge in [0.25, 0.3) is 0 Å². The smallest absolute Gasteiger partial charge is 0.230 e. The quantitative estimate of drug-likeness (QED) is 0.604. The lowest BCUT2D eigenvalue weighted by Gasteiger charge is -2.27. The maximum Gasteiger partial charge on any atom is 0.230 e. The molecule has 0 atom stereocenters. The molecule has 1 heterocycles. The van der Waals surface area contributed by atoms with Crippen LogP contribution in [0, 0.1) is 0 Å². The average molecular weight is 360 g/mol. The van der Waals surface area contributed by atoms with Crippen molar-refractivity contribution in [2.24, 2.45) is 0 Å². The maximum atomic E-state index is 12.7. The number of rotatable bonds is 6. The van der Waals surface area contributed by atoms with Crippen LogP contribution in [0.4, 0.5) is 0 Å². The minimum absolute atomic E-state index is 0.0387. The molecule has 2 aliphatic rings. The van der Waals surface area contributed by atoms with Gasteiger partial charge >= 0.3 is 0 Å². The van der Waals surface area contributed by atoms with Gasteiger partial charge in [0.1, 0.15) is 13.2 Å². The van der Waals surface area contributed by atoms with Gasteiger partial charge in [0.2, 0.25) is 5.91 Å². The molecule has 1 saturated carbocycles. The highest BCUT2D eigenvalue weighted by Crippen LogP contribution is 2.35. The number of amides is 1. The molecule has 1 fully saturated rings. The second kappa shape index (κ2) is 8.76. The SMILES string of the molecule is CC(C)(C(=O)NCCNC1CCCCCC1)c1ccc2c(c1)OCCO2. The molecule has 26 heavy (non-hydrogen) atoms. The maximum absolute atomic E-state index is 12.7. The van der Waals surface area contributed by atoms with Crippen molar-refractivity contribution < 1.29 is 14.3 Å². The number of hydrogen-bond acceptors (Lipinski definition) is 4. The van der Waals surface area contributed by atoms with E-state index in [1.54, 1.807) is 0 Å². The highest BCUT2D eigenvalue weighted by molar-refractivity contribution is 5.87. The molecule has 0 spiro atoms. The van der Waals surface area contributed by atoms with Gasteiger partial charge in [0.05, 0.1) is 5.41 Å². The molecule has 0 unspecified atom stereocenters. The molecule has 1 aliphatic heterocycles. The van der Waals surface area contributed by atoms with Gasteiger partial charge in [-0.2, -0.15) is 0 Å². The Morgan fingerprint density at radius 1 is 1.04 bits per heavy atom. The number of hydrogen-bond donors (Lipinski definition) is 2. The van der Waals surface area contributed by atoms with Gasteiger partial charge in [-0.05, 0) is 44.4 Å². The summed E-state index contributed by atoms with van der Waals surface area (Å²) in [6, 6.07) is 6.39. The van der Waals surface area contributed by atoms with E-state index >= 15 is 0 Å². The molecule has 0 saturated heterocycles. The van der Waals surface area contributed by atoms with Crippen LogP contribution in [0.1, 0.15) is 57.9 Å². The zero-order chi connectivity index (χ0) is 18.4. The van der Waals surface area contributed by atoms with E-state index in [1.165, 1.54) is 38.5 Å². The molecule has 2 N–H and O–H groups in total. The summed E-state index contributed by atoms with van der Waals surface area (Å²) in [4.78, 5) is 12.7. The third kappa shape index (κ3) is 4.70. The number of nitrogens with one attached hydrogen (secondary N) is 2. The van der Waals surface area contributed by atoms with Crippen LogP contribution in [0.15, 0.2) is 18.2 Å². The van der Waals surface area contributed by atoms with E-state index in [4.69, 9.17) is 9.47 Å². The number of benzene rings is 1. The Balaban J connectivity index is 1.49. The Kier molecular flexibility index (Phi) is 6.41. The van der Waals surface area contributed by atoms with Crippen molar-refractivity contribution in [2.45, 2.75) is 63.8 Å². The Morgan fingerprint density at radius 3 is 2.46 bits per heavy atom. The molecule has 0 radical (unpaired) electrons. The topological polar surface area (TPSA) is 59.6 Å². The molecule has 5 nitrogen and oxygen atoms in total. The van der Waals surface area contributed by atoms with Gasteiger partial charge < -0.3 is 20.1 Å². The predicted octanol–water partition coefficient (Wildman–Crippen LogP) is 3.16. The van der Waals surface area contributed by atoms with Crippen molar-refractivity contribution in [1.29, 1.82) is 0 Å². The molecular formula is C21H32N2O3. The third-order valence-corrected chi connectivity index (χ3v) is 5.53. The van der Waals surface area contributed by atoms with Crippen LogP contribution < -0.4 is 20.1 Å². The van der Waals surface area contributed by atoms with Crippen molar-refractivity contribution in [3.63, 3.8) is 0 Å². The number of fused-ring (bicyclic) bond motifs is 1. The molecule has 0 aromatic heterocycles. The van der Waals surface area contributed by atoms with E-state index < -0.39 is 5.41 Å². The molecule has 5 heteroatoms. The molecule has 1 amide bonds. The molecule has 1 aromatic carbocycles. The Morgan fingerprint density at radius 2 is 1.73 bits per heavy atom. The number of ether oxygens (including phenoxy) is 2. The van der Waals surface area contributed by atoms with Crippen molar-refractivity contribution in [1.82, 2.24) is 10.6 Å². The second-order valence-electron chi connectivity index (χ2n) is 7.88. The summed E-state index contributed by atoms with van der Waals surface area (Å²) in [6.07, 6.45) is 7.88. The highest BCUT2D eigenvalue weighted by atomic mass is 16.6. The van der Waals surface area contributed by atoms with Crippen molar-refractivity contribution in [3.05, 3.63) is 23.8 Å². The highest BCUT2D eigenvalue weighted by Gasteiger charge is 2.31. The molecular weight excluding hydrogens is 328 g/mol. The van der Waals surface area contributed by atoms with Crippen LogP contribution in [0.25, 0.3) is 0 Å².